The highest BCUT2D eigenvalue weighted by Crippen LogP contribution is 2.20. The van der Waals surface area contributed by atoms with Crippen molar-refractivity contribution in [2.75, 3.05) is 0 Å². The molecule has 0 fully saturated rings. The fourth-order valence-corrected chi connectivity index (χ4v) is 2.35. The lowest BCUT2D eigenvalue weighted by atomic mass is 9.98. The molecular weight excluding hydrogens is 254 g/mol. The number of rotatable bonds is 3. The maximum atomic E-state index is 4.88. The molecule has 0 atom stereocenters. The van der Waals surface area contributed by atoms with Crippen LogP contribution >= 0.6 is 0 Å². The summed E-state index contributed by atoms with van der Waals surface area (Å²) in [6, 6.07) is 28.8. The number of hydrogen-bond donors (Lipinski definition) is 0. The average Bonchev–Trinajstić information content (AvgIpc) is 2.55. The third-order valence-corrected chi connectivity index (χ3v) is 3.44. The molecule has 0 aromatic heterocycles. The predicted octanol–water partition coefficient (Wildman–Crippen LogP) is 5.16. The van der Waals surface area contributed by atoms with Crippen LogP contribution in [0, 0.1) is 6.92 Å². The third-order valence-electron chi connectivity index (χ3n) is 3.44. The van der Waals surface area contributed by atoms with E-state index in [1.165, 1.54) is 11.1 Å². The van der Waals surface area contributed by atoms with Crippen molar-refractivity contribution in [3.63, 3.8) is 0 Å². The van der Waals surface area contributed by atoms with Crippen molar-refractivity contribution in [3.05, 3.63) is 102 Å². The number of benzene rings is 3. The summed E-state index contributed by atoms with van der Waals surface area (Å²) in [5, 5.41) is 0. The van der Waals surface area contributed by atoms with Crippen LogP contribution in [0.25, 0.3) is 0 Å². The summed E-state index contributed by atoms with van der Waals surface area (Å²) < 4.78 is 0. The van der Waals surface area contributed by atoms with Gasteiger partial charge in [-0.1, -0.05) is 72.8 Å². The van der Waals surface area contributed by atoms with Crippen LogP contribution in [-0.2, 0) is 0 Å². The van der Waals surface area contributed by atoms with Gasteiger partial charge in [0.2, 0.25) is 0 Å². The molecule has 0 heterocycles. The van der Waals surface area contributed by atoms with E-state index in [9.17, 15) is 0 Å². The van der Waals surface area contributed by atoms with Gasteiger partial charge in [-0.3, -0.25) is 0 Å². The lowest BCUT2D eigenvalue weighted by molar-refractivity contribution is 1.41. The number of para-hydroxylation sites is 1. The highest BCUT2D eigenvalue weighted by molar-refractivity contribution is 6.14. The van der Waals surface area contributed by atoms with Crippen LogP contribution in [0.15, 0.2) is 89.9 Å². The van der Waals surface area contributed by atoms with Crippen molar-refractivity contribution in [1.82, 2.24) is 0 Å². The first-order valence-corrected chi connectivity index (χ1v) is 7.10. The van der Waals surface area contributed by atoms with Gasteiger partial charge in [0.15, 0.2) is 0 Å². The van der Waals surface area contributed by atoms with E-state index in [1.807, 2.05) is 48.5 Å². The Kier molecular flexibility index (Phi) is 3.92. The monoisotopic (exact) mass is 271 g/mol. The smallest absolute Gasteiger partial charge is 0.0784 e. The van der Waals surface area contributed by atoms with Crippen molar-refractivity contribution >= 4 is 11.4 Å². The van der Waals surface area contributed by atoms with Gasteiger partial charge in [0.25, 0.3) is 0 Å². The van der Waals surface area contributed by atoms with Crippen LogP contribution in [0.1, 0.15) is 16.7 Å². The van der Waals surface area contributed by atoms with Gasteiger partial charge in [-0.2, -0.15) is 0 Å². The largest absolute Gasteiger partial charge is 0.248 e. The minimum Gasteiger partial charge on any atom is -0.248 e. The molecule has 0 spiro atoms. The van der Waals surface area contributed by atoms with Gasteiger partial charge in [-0.15, -0.1) is 0 Å². The summed E-state index contributed by atoms with van der Waals surface area (Å²) in [5.41, 5.74) is 5.53. The van der Waals surface area contributed by atoms with E-state index in [1.54, 1.807) is 0 Å². The van der Waals surface area contributed by atoms with E-state index in [-0.39, 0.29) is 0 Å². The molecule has 3 aromatic rings. The molecule has 0 amide bonds. The molecular formula is C20H17N. The molecule has 0 saturated heterocycles. The third kappa shape index (κ3) is 3.09. The molecule has 1 heteroatoms. The predicted molar refractivity (Wildman–Crippen MR) is 89.4 cm³/mol. The van der Waals surface area contributed by atoms with Crippen molar-refractivity contribution in [2.24, 2.45) is 4.99 Å². The molecule has 0 saturated carbocycles. The molecule has 0 N–H and O–H groups in total. The highest BCUT2D eigenvalue weighted by atomic mass is 14.7. The maximum Gasteiger partial charge on any atom is 0.0784 e. The molecule has 0 unspecified atom stereocenters. The summed E-state index contributed by atoms with van der Waals surface area (Å²) in [6.45, 7) is 2.12. The molecule has 3 aromatic carbocycles. The molecule has 3 rings (SSSR count). The zero-order valence-electron chi connectivity index (χ0n) is 12.0. The first-order chi connectivity index (χ1) is 10.3. The second-order valence-electron chi connectivity index (χ2n) is 4.98. The normalized spacial score (nSPS) is 11.4. The Balaban J connectivity index is 2.17. The SMILES string of the molecule is Cc1ccccc1C(=Nc1ccccc1)c1ccccc1. The summed E-state index contributed by atoms with van der Waals surface area (Å²) in [7, 11) is 0. The maximum absolute atomic E-state index is 4.88. The van der Waals surface area contributed by atoms with Gasteiger partial charge in [0.05, 0.1) is 11.4 Å². The number of aryl methyl sites for hydroxylation is 1. The summed E-state index contributed by atoms with van der Waals surface area (Å²) >= 11 is 0. The van der Waals surface area contributed by atoms with E-state index in [0.29, 0.717) is 0 Å². The van der Waals surface area contributed by atoms with E-state index in [0.717, 1.165) is 17.0 Å². The Morgan fingerprint density at radius 3 is 1.90 bits per heavy atom. The topological polar surface area (TPSA) is 12.4 Å². The van der Waals surface area contributed by atoms with Crippen LogP contribution in [0.2, 0.25) is 0 Å². The van der Waals surface area contributed by atoms with Crippen LogP contribution < -0.4 is 0 Å². The molecule has 1 nitrogen and oxygen atoms in total. The lowest BCUT2D eigenvalue weighted by Crippen LogP contribution is -2.05. The molecule has 21 heavy (non-hydrogen) atoms. The minimum absolute atomic E-state index is 0.972. The van der Waals surface area contributed by atoms with Crippen molar-refractivity contribution in [1.29, 1.82) is 0 Å². The van der Waals surface area contributed by atoms with E-state index >= 15 is 0 Å². The summed E-state index contributed by atoms with van der Waals surface area (Å²) in [5.74, 6) is 0. The van der Waals surface area contributed by atoms with Crippen LogP contribution in [0.4, 0.5) is 5.69 Å². The van der Waals surface area contributed by atoms with Crippen molar-refractivity contribution < 1.29 is 0 Å². The zero-order chi connectivity index (χ0) is 14.5. The standard InChI is InChI=1S/C20H17N/c1-16-10-8-9-15-19(16)20(17-11-4-2-5-12-17)21-18-13-6-3-7-14-18/h2-15H,1H3. The molecule has 0 aliphatic heterocycles. The van der Waals surface area contributed by atoms with E-state index in [4.69, 9.17) is 4.99 Å². The highest BCUT2D eigenvalue weighted by Gasteiger charge is 2.09. The average molecular weight is 271 g/mol. The van der Waals surface area contributed by atoms with Gasteiger partial charge in [-0.25, -0.2) is 4.99 Å². The van der Waals surface area contributed by atoms with Gasteiger partial charge >= 0.3 is 0 Å². The van der Waals surface area contributed by atoms with Crippen LogP contribution in [0.5, 0.6) is 0 Å². The first kappa shape index (κ1) is 13.3. The molecule has 0 aliphatic rings. The summed E-state index contributed by atoms with van der Waals surface area (Å²) in [6.07, 6.45) is 0. The van der Waals surface area contributed by atoms with Crippen LogP contribution in [-0.4, -0.2) is 5.71 Å². The molecule has 0 radical (unpaired) electrons. The molecule has 102 valence electrons. The Hall–Kier alpha value is -2.67. The Morgan fingerprint density at radius 1 is 0.667 bits per heavy atom. The fraction of sp³-hybridized carbons (Fsp3) is 0.0500. The Morgan fingerprint density at radius 2 is 1.24 bits per heavy atom. The van der Waals surface area contributed by atoms with Gasteiger partial charge < -0.3 is 0 Å². The second-order valence-corrected chi connectivity index (χ2v) is 4.98. The quantitative estimate of drug-likeness (QED) is 0.583. The number of nitrogens with zero attached hydrogens (tertiary/aromatic N) is 1. The second kappa shape index (κ2) is 6.19. The molecule has 0 bridgehead atoms. The van der Waals surface area contributed by atoms with Crippen molar-refractivity contribution in [3.8, 4) is 0 Å². The number of aliphatic imine (C=N–C) groups is 1. The van der Waals surface area contributed by atoms with E-state index in [2.05, 4.69) is 43.3 Å². The van der Waals surface area contributed by atoms with Gasteiger partial charge in [0, 0.05) is 11.1 Å². The Bertz CT molecular complexity index is 743. The number of hydrogen-bond acceptors (Lipinski definition) is 1. The van der Waals surface area contributed by atoms with Crippen molar-refractivity contribution in [2.45, 2.75) is 6.92 Å². The van der Waals surface area contributed by atoms with E-state index < -0.39 is 0 Å². The lowest BCUT2D eigenvalue weighted by Gasteiger charge is -2.10. The van der Waals surface area contributed by atoms with Gasteiger partial charge in [0.1, 0.15) is 0 Å². The first-order valence-electron chi connectivity index (χ1n) is 7.10. The van der Waals surface area contributed by atoms with Gasteiger partial charge in [-0.05, 0) is 24.6 Å². The minimum atomic E-state index is 0.972. The summed E-state index contributed by atoms with van der Waals surface area (Å²) in [4.78, 5) is 4.88. The zero-order valence-corrected chi connectivity index (χ0v) is 12.0. The Labute approximate surface area is 125 Å². The fourth-order valence-electron chi connectivity index (χ4n) is 2.35. The van der Waals surface area contributed by atoms with Crippen LogP contribution in [0.3, 0.4) is 0 Å². The molecule has 0 aliphatic carbocycles.